The van der Waals surface area contributed by atoms with Gasteiger partial charge in [0.25, 0.3) is 5.91 Å². The van der Waals surface area contributed by atoms with Crippen LogP contribution in [0, 0.1) is 13.8 Å². The zero-order chi connectivity index (χ0) is 19.2. The smallest absolute Gasteiger partial charge is 0.267 e. The quantitative estimate of drug-likeness (QED) is 0.224. The van der Waals surface area contributed by atoms with E-state index in [0.29, 0.717) is 0 Å². The fraction of sp³-hybridized carbons (Fsp3) is 0.227. The predicted octanol–water partition coefficient (Wildman–Crippen LogP) is 3.64. The van der Waals surface area contributed by atoms with Crippen LogP contribution in [0.5, 0.6) is 0 Å². The van der Waals surface area contributed by atoms with E-state index in [9.17, 15) is 4.79 Å². The van der Waals surface area contributed by atoms with E-state index in [-0.39, 0.29) is 0 Å². The van der Waals surface area contributed by atoms with E-state index in [1.807, 2.05) is 24.3 Å². The maximum atomic E-state index is 11.0. The van der Waals surface area contributed by atoms with Crippen molar-refractivity contribution >= 4 is 22.9 Å². The largest absolute Gasteiger partial charge is 0.358 e. The van der Waals surface area contributed by atoms with Gasteiger partial charge in [0.05, 0.1) is 0 Å². The van der Waals surface area contributed by atoms with Crippen LogP contribution < -0.4 is 10.8 Å². The van der Waals surface area contributed by atoms with Gasteiger partial charge in [-0.1, -0.05) is 30.3 Å². The molecule has 0 fully saturated rings. The molecule has 1 aromatic heterocycles. The highest BCUT2D eigenvalue weighted by Gasteiger charge is 2.04. The molecule has 2 aromatic carbocycles. The number of aromatic nitrogens is 1. The second-order valence-corrected chi connectivity index (χ2v) is 6.73. The fourth-order valence-corrected chi connectivity index (χ4v) is 3.09. The Morgan fingerprint density at radius 3 is 2.59 bits per heavy atom. The van der Waals surface area contributed by atoms with Crippen LogP contribution in [0.4, 0.5) is 0 Å². The first-order valence-electron chi connectivity index (χ1n) is 9.06. The molecule has 0 atom stereocenters. The summed E-state index contributed by atoms with van der Waals surface area (Å²) in [6.07, 6.45) is 3.93. The lowest BCUT2D eigenvalue weighted by molar-refractivity contribution is -0.124. The molecule has 0 aliphatic rings. The number of carbonyl (C=O) groups excluding carboxylic acids is 1. The Hall–Kier alpha value is -2.89. The molecule has 0 aliphatic heterocycles. The highest BCUT2D eigenvalue weighted by molar-refractivity contribution is 5.90. The molecule has 0 bridgehead atoms. The summed E-state index contributed by atoms with van der Waals surface area (Å²) in [4.78, 5) is 14.4. The van der Waals surface area contributed by atoms with Crippen LogP contribution >= 0.6 is 0 Å². The minimum absolute atomic E-state index is 0.538. The number of aromatic amines is 1. The van der Waals surface area contributed by atoms with Crippen LogP contribution in [0.2, 0.25) is 0 Å². The molecule has 0 spiro atoms. The Labute approximate surface area is 159 Å². The SMILES string of the molecule is Cc1[nH]c2ccc(CCNCc3ccc(/C=C/C(=O)NO)cc3)cc2c1C. The topological polar surface area (TPSA) is 77.2 Å². The van der Waals surface area contributed by atoms with Crippen molar-refractivity contribution in [3.8, 4) is 0 Å². The zero-order valence-electron chi connectivity index (χ0n) is 15.7. The number of amides is 1. The molecular formula is C22H25N3O2. The van der Waals surface area contributed by atoms with Crippen molar-refractivity contribution in [3.63, 3.8) is 0 Å². The van der Waals surface area contributed by atoms with Gasteiger partial charge in [-0.25, -0.2) is 5.48 Å². The Bertz CT molecular complexity index is 956. The van der Waals surface area contributed by atoms with Gasteiger partial charge in [0, 0.05) is 29.2 Å². The maximum Gasteiger partial charge on any atom is 0.267 e. The van der Waals surface area contributed by atoms with Crippen LogP contribution in [-0.2, 0) is 17.8 Å². The van der Waals surface area contributed by atoms with Gasteiger partial charge in [-0.3, -0.25) is 10.0 Å². The molecule has 5 nitrogen and oxygen atoms in total. The third kappa shape index (κ3) is 4.84. The lowest BCUT2D eigenvalue weighted by Crippen LogP contribution is -2.16. The van der Waals surface area contributed by atoms with E-state index in [1.165, 1.54) is 39.4 Å². The van der Waals surface area contributed by atoms with Crippen molar-refractivity contribution in [1.29, 1.82) is 0 Å². The van der Waals surface area contributed by atoms with Crippen molar-refractivity contribution in [3.05, 3.63) is 76.5 Å². The standard InChI is InChI=1S/C22H25N3O2/c1-15-16(2)24-21-9-7-18(13-20(15)21)11-12-23-14-19-5-3-17(4-6-19)8-10-22(26)25-27/h3-10,13,23-24,27H,11-12,14H2,1-2H3,(H,25,26)/b10-8+. The molecule has 1 amide bonds. The van der Waals surface area contributed by atoms with E-state index in [2.05, 4.69) is 42.3 Å². The van der Waals surface area contributed by atoms with Gasteiger partial charge in [-0.15, -0.1) is 0 Å². The van der Waals surface area contributed by atoms with E-state index in [1.54, 1.807) is 11.6 Å². The van der Waals surface area contributed by atoms with Crippen LogP contribution in [0.3, 0.4) is 0 Å². The molecule has 0 radical (unpaired) electrons. The molecule has 140 valence electrons. The fourth-order valence-electron chi connectivity index (χ4n) is 3.09. The summed E-state index contributed by atoms with van der Waals surface area (Å²) in [5, 5.41) is 13.2. The summed E-state index contributed by atoms with van der Waals surface area (Å²) >= 11 is 0. The number of aryl methyl sites for hydroxylation is 2. The lowest BCUT2D eigenvalue weighted by atomic mass is 10.1. The van der Waals surface area contributed by atoms with Crippen molar-refractivity contribution < 1.29 is 10.0 Å². The average Bonchev–Trinajstić information content (AvgIpc) is 2.98. The minimum atomic E-state index is -0.538. The Morgan fingerprint density at radius 2 is 1.85 bits per heavy atom. The number of fused-ring (bicyclic) bond motifs is 1. The second-order valence-electron chi connectivity index (χ2n) is 6.73. The number of carbonyl (C=O) groups is 1. The molecule has 0 saturated carbocycles. The van der Waals surface area contributed by atoms with E-state index >= 15 is 0 Å². The van der Waals surface area contributed by atoms with Crippen LogP contribution in [0.1, 0.15) is 27.9 Å². The third-order valence-electron chi connectivity index (χ3n) is 4.81. The number of nitrogens with one attached hydrogen (secondary N) is 3. The Morgan fingerprint density at radius 1 is 1.11 bits per heavy atom. The monoisotopic (exact) mass is 363 g/mol. The van der Waals surface area contributed by atoms with Crippen LogP contribution in [-0.4, -0.2) is 22.6 Å². The zero-order valence-corrected chi connectivity index (χ0v) is 15.7. The molecule has 3 aromatic rings. The average molecular weight is 363 g/mol. The summed E-state index contributed by atoms with van der Waals surface area (Å²) < 4.78 is 0. The number of benzene rings is 2. The summed E-state index contributed by atoms with van der Waals surface area (Å²) in [7, 11) is 0. The van der Waals surface area contributed by atoms with Crippen molar-refractivity contribution in [2.75, 3.05) is 6.54 Å². The molecule has 0 saturated heterocycles. The molecule has 0 aliphatic carbocycles. The molecule has 1 heterocycles. The van der Waals surface area contributed by atoms with Gasteiger partial charge >= 0.3 is 0 Å². The number of hydrogen-bond acceptors (Lipinski definition) is 3. The number of H-pyrrole nitrogens is 1. The van der Waals surface area contributed by atoms with E-state index in [0.717, 1.165) is 25.1 Å². The van der Waals surface area contributed by atoms with Gasteiger partial charge < -0.3 is 10.3 Å². The first-order valence-corrected chi connectivity index (χ1v) is 9.06. The third-order valence-corrected chi connectivity index (χ3v) is 4.81. The summed E-state index contributed by atoms with van der Waals surface area (Å²) in [6, 6.07) is 14.6. The number of rotatable bonds is 7. The first kappa shape index (κ1) is 18.9. The Balaban J connectivity index is 1.49. The van der Waals surface area contributed by atoms with Crippen molar-refractivity contribution in [2.24, 2.45) is 0 Å². The van der Waals surface area contributed by atoms with Gasteiger partial charge in [0.2, 0.25) is 0 Å². The predicted molar refractivity (Wildman–Crippen MR) is 109 cm³/mol. The van der Waals surface area contributed by atoms with Gasteiger partial charge in [-0.05, 0) is 67.3 Å². The number of hydroxylamine groups is 1. The molecule has 27 heavy (non-hydrogen) atoms. The molecular weight excluding hydrogens is 338 g/mol. The van der Waals surface area contributed by atoms with Gasteiger partial charge in [-0.2, -0.15) is 0 Å². The Kier molecular flexibility index (Phi) is 6.06. The number of hydrogen-bond donors (Lipinski definition) is 4. The first-order chi connectivity index (χ1) is 13.1. The maximum absolute atomic E-state index is 11.0. The normalized spacial score (nSPS) is 11.4. The van der Waals surface area contributed by atoms with Crippen molar-refractivity contribution in [2.45, 2.75) is 26.8 Å². The lowest BCUT2D eigenvalue weighted by Gasteiger charge is -2.06. The summed E-state index contributed by atoms with van der Waals surface area (Å²) in [5.41, 5.74) is 8.76. The summed E-state index contributed by atoms with van der Waals surface area (Å²) in [6.45, 7) is 5.97. The van der Waals surface area contributed by atoms with E-state index < -0.39 is 5.91 Å². The second kappa shape index (κ2) is 8.66. The van der Waals surface area contributed by atoms with Crippen LogP contribution in [0.25, 0.3) is 17.0 Å². The van der Waals surface area contributed by atoms with Crippen LogP contribution in [0.15, 0.2) is 48.5 Å². The molecule has 3 rings (SSSR count). The minimum Gasteiger partial charge on any atom is -0.358 e. The molecule has 4 N–H and O–H groups in total. The molecule has 5 heteroatoms. The summed E-state index contributed by atoms with van der Waals surface area (Å²) in [5.74, 6) is -0.538. The van der Waals surface area contributed by atoms with Gasteiger partial charge in [0.15, 0.2) is 0 Å². The van der Waals surface area contributed by atoms with Crippen molar-refractivity contribution in [1.82, 2.24) is 15.8 Å². The molecule has 0 unspecified atom stereocenters. The van der Waals surface area contributed by atoms with Gasteiger partial charge in [0.1, 0.15) is 0 Å². The highest BCUT2D eigenvalue weighted by atomic mass is 16.5. The van der Waals surface area contributed by atoms with E-state index in [4.69, 9.17) is 5.21 Å². The highest BCUT2D eigenvalue weighted by Crippen LogP contribution is 2.22.